The highest BCUT2D eigenvalue weighted by atomic mass is 16.1. The molecule has 1 aromatic heterocycles. The summed E-state index contributed by atoms with van der Waals surface area (Å²) in [6.45, 7) is 7.35. The molecule has 222 valence electrons. The lowest BCUT2D eigenvalue weighted by Gasteiger charge is -2.12. The van der Waals surface area contributed by atoms with Crippen LogP contribution in [0.3, 0.4) is 0 Å². The molecule has 3 heteroatoms. The third-order valence-electron chi connectivity index (χ3n) is 8.74. The minimum atomic E-state index is 0.197. The standard InChI is InChI=1S/C40H45NO2/c1-4-7-9-17-23-39(42)35-25-33-34-26-36(40(43)24-18-10-8-5-2)32(30-21-15-12-16-22-30)28-38(34)41(6-3)37(33)27-31(35)29-19-13-11-14-20-29/h11-16,19-22,25-28H,4-10,17-18,23-24H2,1-3H3. The highest BCUT2D eigenvalue weighted by Crippen LogP contribution is 2.39. The smallest absolute Gasteiger partial charge is 0.163 e. The van der Waals surface area contributed by atoms with Crippen LogP contribution in [0.25, 0.3) is 44.1 Å². The maximum Gasteiger partial charge on any atom is 0.163 e. The Bertz CT molecular complexity index is 1570. The summed E-state index contributed by atoms with van der Waals surface area (Å²) in [5.41, 5.74) is 7.86. The van der Waals surface area contributed by atoms with Gasteiger partial charge in [0.1, 0.15) is 0 Å². The Balaban J connectivity index is 1.72. The summed E-state index contributed by atoms with van der Waals surface area (Å²) >= 11 is 0. The van der Waals surface area contributed by atoms with Crippen molar-refractivity contribution in [3.63, 3.8) is 0 Å². The van der Waals surface area contributed by atoms with Crippen LogP contribution in [0.1, 0.15) is 106 Å². The Morgan fingerprint density at radius 1 is 0.535 bits per heavy atom. The van der Waals surface area contributed by atoms with Crippen molar-refractivity contribution in [1.82, 2.24) is 4.57 Å². The van der Waals surface area contributed by atoms with Crippen molar-refractivity contribution in [3.05, 3.63) is 96.1 Å². The SMILES string of the molecule is CCCCCCC(=O)c1cc2c3cc(C(=O)CCCCCC)c(-c4ccccc4)cc3n(CC)c2cc1-c1ccccc1. The molecule has 5 aromatic rings. The van der Waals surface area contributed by atoms with Gasteiger partial charge >= 0.3 is 0 Å². The lowest BCUT2D eigenvalue weighted by atomic mass is 9.91. The molecule has 0 saturated heterocycles. The number of Topliss-reactive ketones (excluding diaryl/α,β-unsaturated/α-hetero) is 2. The minimum absolute atomic E-state index is 0.197. The van der Waals surface area contributed by atoms with E-state index in [1.54, 1.807) is 0 Å². The fourth-order valence-corrected chi connectivity index (χ4v) is 6.39. The molecular weight excluding hydrogens is 526 g/mol. The number of fused-ring (bicyclic) bond motifs is 3. The number of nitrogens with zero attached hydrogens (tertiary/aromatic N) is 1. The molecule has 0 aliphatic heterocycles. The van der Waals surface area contributed by atoms with E-state index in [9.17, 15) is 9.59 Å². The Labute approximate surface area is 256 Å². The predicted molar refractivity (Wildman–Crippen MR) is 182 cm³/mol. The van der Waals surface area contributed by atoms with Crippen LogP contribution in [0, 0.1) is 0 Å². The summed E-state index contributed by atoms with van der Waals surface area (Å²) < 4.78 is 2.34. The number of unbranched alkanes of at least 4 members (excludes halogenated alkanes) is 6. The molecule has 0 amide bonds. The first kappa shape index (κ1) is 30.5. The highest BCUT2D eigenvalue weighted by molar-refractivity contribution is 6.17. The van der Waals surface area contributed by atoms with Gasteiger partial charge in [-0.1, -0.05) is 113 Å². The Kier molecular flexibility index (Phi) is 10.3. The topological polar surface area (TPSA) is 39.1 Å². The van der Waals surface area contributed by atoms with Gasteiger partial charge in [0.15, 0.2) is 11.6 Å². The second-order valence-corrected chi connectivity index (χ2v) is 11.8. The zero-order valence-corrected chi connectivity index (χ0v) is 26.1. The van der Waals surface area contributed by atoms with Gasteiger partial charge in [-0.15, -0.1) is 0 Å². The lowest BCUT2D eigenvalue weighted by Crippen LogP contribution is -2.03. The van der Waals surface area contributed by atoms with Crippen molar-refractivity contribution in [2.45, 2.75) is 91.5 Å². The van der Waals surface area contributed by atoms with Gasteiger partial charge in [-0.25, -0.2) is 0 Å². The van der Waals surface area contributed by atoms with Gasteiger partial charge in [0, 0.05) is 52.3 Å². The molecule has 0 radical (unpaired) electrons. The first-order valence-corrected chi connectivity index (χ1v) is 16.4. The number of aromatic nitrogens is 1. The molecule has 0 spiro atoms. The van der Waals surface area contributed by atoms with Gasteiger partial charge in [0.25, 0.3) is 0 Å². The molecule has 4 aromatic carbocycles. The van der Waals surface area contributed by atoms with Gasteiger partial charge < -0.3 is 4.57 Å². The molecule has 0 saturated carbocycles. The minimum Gasteiger partial charge on any atom is -0.341 e. The van der Waals surface area contributed by atoms with Crippen LogP contribution in [0.4, 0.5) is 0 Å². The van der Waals surface area contributed by atoms with E-state index in [1.165, 1.54) is 0 Å². The molecule has 3 nitrogen and oxygen atoms in total. The molecule has 1 heterocycles. The Hall–Kier alpha value is -3.98. The normalized spacial score (nSPS) is 11.4. The van der Waals surface area contributed by atoms with E-state index in [0.29, 0.717) is 12.8 Å². The van der Waals surface area contributed by atoms with Crippen molar-refractivity contribution in [2.75, 3.05) is 0 Å². The van der Waals surface area contributed by atoms with E-state index in [2.05, 4.69) is 73.9 Å². The van der Waals surface area contributed by atoms with Crippen LogP contribution in [-0.2, 0) is 6.54 Å². The quantitative estimate of drug-likeness (QED) is 0.0926. The van der Waals surface area contributed by atoms with Crippen molar-refractivity contribution < 1.29 is 9.59 Å². The molecule has 43 heavy (non-hydrogen) atoms. The van der Waals surface area contributed by atoms with Crippen molar-refractivity contribution in [2.24, 2.45) is 0 Å². The number of hydrogen-bond donors (Lipinski definition) is 0. The number of aryl methyl sites for hydroxylation is 1. The van der Waals surface area contributed by atoms with Gasteiger partial charge in [-0.2, -0.15) is 0 Å². The zero-order chi connectivity index (χ0) is 30.2. The Morgan fingerprint density at radius 3 is 1.33 bits per heavy atom. The first-order valence-electron chi connectivity index (χ1n) is 16.4. The second kappa shape index (κ2) is 14.5. The molecule has 0 unspecified atom stereocenters. The monoisotopic (exact) mass is 571 g/mol. The number of carbonyl (C=O) groups excluding carboxylic acids is 2. The summed E-state index contributed by atoms with van der Waals surface area (Å²) in [5.74, 6) is 0.393. The fraction of sp³-hybridized carbons (Fsp3) is 0.350. The molecular formula is C40H45NO2. The number of carbonyl (C=O) groups is 2. The van der Waals surface area contributed by atoms with Crippen LogP contribution < -0.4 is 0 Å². The number of benzene rings is 4. The molecule has 0 N–H and O–H groups in total. The third-order valence-corrected chi connectivity index (χ3v) is 8.74. The molecule has 0 aliphatic rings. The number of ketones is 2. The summed E-state index contributed by atoms with van der Waals surface area (Å²) in [5, 5.41) is 2.10. The molecule has 0 aliphatic carbocycles. The largest absolute Gasteiger partial charge is 0.341 e. The van der Waals surface area contributed by atoms with Crippen LogP contribution in [0.2, 0.25) is 0 Å². The molecule has 0 bridgehead atoms. The number of hydrogen-bond acceptors (Lipinski definition) is 2. The Morgan fingerprint density at radius 2 is 0.953 bits per heavy atom. The van der Waals surface area contributed by atoms with Crippen LogP contribution in [-0.4, -0.2) is 16.1 Å². The van der Waals surface area contributed by atoms with Crippen LogP contribution in [0.15, 0.2) is 84.9 Å². The predicted octanol–water partition coefficient (Wildman–Crippen LogP) is 11.5. The lowest BCUT2D eigenvalue weighted by molar-refractivity contribution is 0.0971. The van der Waals surface area contributed by atoms with E-state index in [1.807, 2.05) is 36.4 Å². The van der Waals surface area contributed by atoms with E-state index in [4.69, 9.17) is 0 Å². The van der Waals surface area contributed by atoms with E-state index < -0.39 is 0 Å². The van der Waals surface area contributed by atoms with Crippen LogP contribution >= 0.6 is 0 Å². The zero-order valence-electron chi connectivity index (χ0n) is 26.1. The summed E-state index contributed by atoms with van der Waals surface area (Å²) in [4.78, 5) is 27.6. The molecule has 5 rings (SSSR count). The van der Waals surface area contributed by atoms with Gasteiger partial charge in [0.2, 0.25) is 0 Å². The first-order chi connectivity index (χ1) is 21.1. The van der Waals surface area contributed by atoms with E-state index in [-0.39, 0.29) is 11.6 Å². The van der Waals surface area contributed by atoms with Gasteiger partial charge in [0.05, 0.1) is 0 Å². The fourth-order valence-electron chi connectivity index (χ4n) is 6.39. The van der Waals surface area contributed by atoms with E-state index in [0.717, 1.165) is 113 Å². The van der Waals surface area contributed by atoms with E-state index >= 15 is 0 Å². The average molecular weight is 572 g/mol. The highest BCUT2D eigenvalue weighted by Gasteiger charge is 2.22. The average Bonchev–Trinajstić information content (AvgIpc) is 3.36. The summed E-state index contributed by atoms with van der Waals surface area (Å²) in [6, 6.07) is 29.2. The van der Waals surface area contributed by atoms with Gasteiger partial charge in [-0.05, 0) is 66.3 Å². The van der Waals surface area contributed by atoms with Crippen molar-refractivity contribution in [3.8, 4) is 22.3 Å². The maximum atomic E-state index is 13.8. The second-order valence-electron chi connectivity index (χ2n) is 11.8. The molecule has 0 fully saturated rings. The third kappa shape index (κ3) is 6.67. The maximum absolute atomic E-state index is 13.8. The van der Waals surface area contributed by atoms with Gasteiger partial charge in [-0.3, -0.25) is 9.59 Å². The van der Waals surface area contributed by atoms with Crippen LogP contribution in [0.5, 0.6) is 0 Å². The summed E-state index contributed by atoms with van der Waals surface area (Å²) in [7, 11) is 0. The van der Waals surface area contributed by atoms with Crippen molar-refractivity contribution in [1.29, 1.82) is 0 Å². The summed E-state index contributed by atoms with van der Waals surface area (Å²) in [6.07, 6.45) is 9.68. The molecule has 0 atom stereocenters. The number of rotatable bonds is 15. The van der Waals surface area contributed by atoms with Crippen molar-refractivity contribution >= 4 is 33.4 Å².